The second-order valence-electron chi connectivity index (χ2n) is 5.44. The van der Waals surface area contributed by atoms with Crippen molar-refractivity contribution >= 4 is 12.0 Å². The van der Waals surface area contributed by atoms with Crippen LogP contribution in [0.25, 0.3) is 0 Å². The van der Waals surface area contributed by atoms with E-state index in [2.05, 4.69) is 17.6 Å². The van der Waals surface area contributed by atoms with E-state index >= 15 is 0 Å². The average molecular weight is 242 g/mol. The molecule has 0 saturated heterocycles. The first-order valence-corrected chi connectivity index (χ1v) is 6.11. The van der Waals surface area contributed by atoms with E-state index in [1.807, 2.05) is 0 Å². The lowest BCUT2D eigenvalue weighted by Crippen LogP contribution is -2.55. The predicted molar refractivity (Wildman–Crippen MR) is 64.8 cm³/mol. The molecule has 0 radical (unpaired) electrons. The van der Waals surface area contributed by atoms with Gasteiger partial charge in [-0.05, 0) is 38.5 Å². The van der Waals surface area contributed by atoms with Gasteiger partial charge < -0.3 is 15.7 Å². The number of carboxylic acid groups (broad SMARTS) is 1. The highest BCUT2D eigenvalue weighted by molar-refractivity contribution is 5.85. The highest BCUT2D eigenvalue weighted by Crippen LogP contribution is 2.42. The van der Waals surface area contributed by atoms with Crippen LogP contribution in [0, 0.1) is 5.41 Å². The molecule has 0 aliphatic heterocycles. The van der Waals surface area contributed by atoms with Crippen molar-refractivity contribution in [2.45, 2.75) is 52.0 Å². The Morgan fingerprint density at radius 2 is 1.94 bits per heavy atom. The first kappa shape index (κ1) is 13.8. The maximum Gasteiger partial charge on any atom is 0.328 e. The standard InChI is InChI=1S/C12H22N2O3/c1-4-12(6-5-7-12)8-13-10(17)14-11(2,3)9(15)16/h4-8H2,1-3H3,(H,15,16)(H2,13,14,17). The lowest BCUT2D eigenvalue weighted by Gasteiger charge is -2.41. The number of urea groups is 1. The fraction of sp³-hybridized carbons (Fsp3) is 0.833. The van der Waals surface area contributed by atoms with Gasteiger partial charge in [-0.2, -0.15) is 0 Å². The van der Waals surface area contributed by atoms with Gasteiger partial charge in [-0.15, -0.1) is 0 Å². The third-order valence-electron chi connectivity index (χ3n) is 3.75. The highest BCUT2D eigenvalue weighted by atomic mass is 16.4. The van der Waals surface area contributed by atoms with Crippen LogP contribution in [-0.2, 0) is 4.79 Å². The Balaban J connectivity index is 2.38. The van der Waals surface area contributed by atoms with Gasteiger partial charge in [0, 0.05) is 6.54 Å². The second kappa shape index (κ2) is 4.94. The summed E-state index contributed by atoms with van der Waals surface area (Å²) < 4.78 is 0. The van der Waals surface area contributed by atoms with Gasteiger partial charge in [-0.1, -0.05) is 13.3 Å². The molecular formula is C12H22N2O3. The number of aliphatic carboxylic acids is 1. The van der Waals surface area contributed by atoms with Gasteiger partial charge in [0.25, 0.3) is 0 Å². The first-order valence-electron chi connectivity index (χ1n) is 6.11. The summed E-state index contributed by atoms with van der Waals surface area (Å²) in [6.07, 6.45) is 4.56. The van der Waals surface area contributed by atoms with Crippen LogP contribution >= 0.6 is 0 Å². The van der Waals surface area contributed by atoms with Crippen LogP contribution in [0.1, 0.15) is 46.5 Å². The molecule has 98 valence electrons. The van der Waals surface area contributed by atoms with E-state index in [0.29, 0.717) is 6.54 Å². The molecule has 0 aromatic heterocycles. The number of rotatable bonds is 5. The minimum atomic E-state index is -1.23. The van der Waals surface area contributed by atoms with Crippen LogP contribution < -0.4 is 10.6 Å². The van der Waals surface area contributed by atoms with E-state index in [1.54, 1.807) is 0 Å². The topological polar surface area (TPSA) is 78.4 Å². The Hall–Kier alpha value is -1.26. The Bertz CT molecular complexity index is 303. The van der Waals surface area contributed by atoms with E-state index in [0.717, 1.165) is 19.3 Å². The lowest BCUT2D eigenvalue weighted by atomic mass is 9.67. The summed E-state index contributed by atoms with van der Waals surface area (Å²) in [5, 5.41) is 14.1. The number of amides is 2. The maximum atomic E-state index is 11.6. The third-order valence-corrected chi connectivity index (χ3v) is 3.75. The summed E-state index contributed by atoms with van der Waals surface area (Å²) >= 11 is 0. The Kier molecular flexibility index (Phi) is 4.01. The van der Waals surface area contributed by atoms with Gasteiger partial charge in [0.2, 0.25) is 0 Å². The van der Waals surface area contributed by atoms with Crippen molar-refractivity contribution in [1.82, 2.24) is 10.6 Å². The smallest absolute Gasteiger partial charge is 0.328 e. The molecule has 0 bridgehead atoms. The predicted octanol–water partition coefficient (Wildman–Crippen LogP) is 1.73. The monoisotopic (exact) mass is 242 g/mol. The number of carbonyl (C=O) groups is 2. The molecule has 5 nitrogen and oxygen atoms in total. The molecule has 2 amide bonds. The van der Waals surface area contributed by atoms with E-state index in [1.165, 1.54) is 20.3 Å². The van der Waals surface area contributed by atoms with Crippen molar-refractivity contribution in [2.24, 2.45) is 5.41 Å². The van der Waals surface area contributed by atoms with Gasteiger partial charge in [0.1, 0.15) is 5.54 Å². The van der Waals surface area contributed by atoms with Crippen molar-refractivity contribution in [3.63, 3.8) is 0 Å². The molecule has 0 atom stereocenters. The normalized spacial score (nSPS) is 18.1. The van der Waals surface area contributed by atoms with Gasteiger partial charge in [0.05, 0.1) is 0 Å². The molecule has 1 aliphatic carbocycles. The van der Waals surface area contributed by atoms with Crippen molar-refractivity contribution in [2.75, 3.05) is 6.54 Å². The van der Waals surface area contributed by atoms with E-state index in [-0.39, 0.29) is 5.41 Å². The summed E-state index contributed by atoms with van der Waals surface area (Å²) in [5.74, 6) is -1.04. The molecule has 0 aromatic rings. The van der Waals surface area contributed by atoms with Crippen LogP contribution in [0.4, 0.5) is 4.79 Å². The fourth-order valence-corrected chi connectivity index (χ4v) is 1.98. The molecule has 3 N–H and O–H groups in total. The largest absolute Gasteiger partial charge is 0.480 e. The molecule has 1 fully saturated rings. The van der Waals surface area contributed by atoms with E-state index < -0.39 is 17.5 Å². The van der Waals surface area contributed by atoms with Crippen molar-refractivity contribution < 1.29 is 14.7 Å². The molecule has 1 rings (SSSR count). The van der Waals surface area contributed by atoms with E-state index in [4.69, 9.17) is 5.11 Å². The van der Waals surface area contributed by atoms with Gasteiger partial charge in [0.15, 0.2) is 0 Å². The van der Waals surface area contributed by atoms with E-state index in [9.17, 15) is 9.59 Å². The number of nitrogens with one attached hydrogen (secondary N) is 2. The Morgan fingerprint density at radius 3 is 2.29 bits per heavy atom. The van der Waals surface area contributed by atoms with Crippen LogP contribution in [0.5, 0.6) is 0 Å². The third kappa shape index (κ3) is 3.35. The summed E-state index contributed by atoms with van der Waals surface area (Å²) in [6, 6.07) is -0.405. The minimum Gasteiger partial charge on any atom is -0.480 e. The highest BCUT2D eigenvalue weighted by Gasteiger charge is 2.36. The zero-order valence-electron chi connectivity index (χ0n) is 10.8. The van der Waals surface area contributed by atoms with Crippen LogP contribution in [-0.4, -0.2) is 29.2 Å². The minimum absolute atomic E-state index is 0.241. The zero-order chi connectivity index (χ0) is 13.1. The summed E-state index contributed by atoms with van der Waals surface area (Å²) in [5.41, 5.74) is -0.992. The second-order valence-corrected chi connectivity index (χ2v) is 5.44. The Labute approximate surface area is 102 Å². The molecule has 0 aromatic carbocycles. The molecular weight excluding hydrogens is 220 g/mol. The van der Waals surface area contributed by atoms with Crippen molar-refractivity contribution in [3.05, 3.63) is 0 Å². The lowest BCUT2D eigenvalue weighted by molar-refractivity contribution is -0.142. The summed E-state index contributed by atoms with van der Waals surface area (Å²) in [7, 11) is 0. The average Bonchev–Trinajstić information content (AvgIpc) is 2.15. The molecule has 0 unspecified atom stereocenters. The van der Waals surface area contributed by atoms with Gasteiger partial charge in [-0.25, -0.2) is 9.59 Å². The van der Waals surface area contributed by atoms with Crippen LogP contribution in [0.3, 0.4) is 0 Å². The number of hydrogen-bond acceptors (Lipinski definition) is 2. The van der Waals surface area contributed by atoms with Gasteiger partial charge >= 0.3 is 12.0 Å². The van der Waals surface area contributed by atoms with Crippen LogP contribution in [0.15, 0.2) is 0 Å². The molecule has 1 aliphatic rings. The quantitative estimate of drug-likeness (QED) is 0.687. The molecule has 1 saturated carbocycles. The summed E-state index contributed by atoms with van der Waals surface area (Å²) in [6.45, 7) is 5.69. The molecule has 17 heavy (non-hydrogen) atoms. The molecule has 0 spiro atoms. The summed E-state index contributed by atoms with van der Waals surface area (Å²) in [4.78, 5) is 22.4. The van der Waals surface area contributed by atoms with Crippen molar-refractivity contribution in [1.29, 1.82) is 0 Å². The number of carboxylic acids is 1. The number of carbonyl (C=O) groups excluding carboxylic acids is 1. The Morgan fingerprint density at radius 1 is 1.35 bits per heavy atom. The molecule has 5 heteroatoms. The number of hydrogen-bond donors (Lipinski definition) is 3. The van der Waals surface area contributed by atoms with Gasteiger partial charge in [-0.3, -0.25) is 0 Å². The zero-order valence-corrected chi connectivity index (χ0v) is 10.8. The van der Waals surface area contributed by atoms with Crippen molar-refractivity contribution in [3.8, 4) is 0 Å². The molecule has 0 heterocycles. The van der Waals surface area contributed by atoms with Crippen LogP contribution in [0.2, 0.25) is 0 Å². The maximum absolute atomic E-state index is 11.6. The fourth-order valence-electron chi connectivity index (χ4n) is 1.98. The SMILES string of the molecule is CCC1(CNC(=O)NC(C)(C)C(=O)O)CCC1. The first-order chi connectivity index (χ1) is 7.81.